The fourth-order valence-electron chi connectivity index (χ4n) is 1.09. The topological polar surface area (TPSA) is 31.4 Å². The predicted octanol–water partition coefficient (Wildman–Crippen LogP) is 1.94. The van der Waals surface area contributed by atoms with Gasteiger partial charge in [0.15, 0.2) is 0 Å². The molecule has 1 aliphatic rings. The zero-order valence-corrected chi connectivity index (χ0v) is 7.91. The molecular formula is C10H13NO2. The largest absolute Gasteiger partial charge is 0.495 e. The lowest BCUT2D eigenvalue weighted by molar-refractivity contribution is 0.296. The summed E-state index contributed by atoms with van der Waals surface area (Å²) in [6.45, 7) is 1.94. The first-order valence-electron chi connectivity index (χ1n) is 4.47. The van der Waals surface area contributed by atoms with Crippen LogP contribution in [0.3, 0.4) is 0 Å². The van der Waals surface area contributed by atoms with Gasteiger partial charge in [0.25, 0.3) is 0 Å². The lowest BCUT2D eigenvalue weighted by atomic mass is 10.3. The molecule has 0 aromatic carbocycles. The third-order valence-corrected chi connectivity index (χ3v) is 2.07. The van der Waals surface area contributed by atoms with Gasteiger partial charge in [-0.05, 0) is 19.8 Å². The first kappa shape index (κ1) is 8.35. The molecule has 2 rings (SSSR count). The quantitative estimate of drug-likeness (QED) is 0.710. The van der Waals surface area contributed by atoms with Gasteiger partial charge in [0.2, 0.25) is 0 Å². The Bertz CT molecular complexity index is 308. The van der Waals surface area contributed by atoms with Crippen molar-refractivity contribution in [1.82, 2.24) is 4.98 Å². The third kappa shape index (κ3) is 1.91. The fraction of sp³-hybridized carbons (Fsp3) is 0.500. The molecule has 1 aromatic rings. The van der Waals surface area contributed by atoms with E-state index in [1.165, 1.54) is 0 Å². The van der Waals surface area contributed by atoms with E-state index in [0.29, 0.717) is 6.10 Å². The Hall–Kier alpha value is -1.25. The second-order valence-corrected chi connectivity index (χ2v) is 3.28. The van der Waals surface area contributed by atoms with Crippen LogP contribution in [0.25, 0.3) is 0 Å². The van der Waals surface area contributed by atoms with E-state index in [1.54, 1.807) is 13.3 Å². The lowest BCUT2D eigenvalue weighted by Crippen LogP contribution is -1.99. The van der Waals surface area contributed by atoms with Crippen LogP contribution in [-0.2, 0) is 0 Å². The highest BCUT2D eigenvalue weighted by Crippen LogP contribution is 2.30. The zero-order chi connectivity index (χ0) is 9.26. The van der Waals surface area contributed by atoms with Crippen LogP contribution in [0.15, 0.2) is 12.3 Å². The molecule has 0 N–H and O–H groups in total. The summed E-state index contributed by atoms with van der Waals surface area (Å²) >= 11 is 0. The third-order valence-electron chi connectivity index (χ3n) is 2.07. The van der Waals surface area contributed by atoms with Crippen molar-refractivity contribution in [2.45, 2.75) is 25.9 Å². The van der Waals surface area contributed by atoms with Crippen molar-refractivity contribution in [3.63, 3.8) is 0 Å². The molecule has 1 fully saturated rings. The van der Waals surface area contributed by atoms with Crippen LogP contribution in [-0.4, -0.2) is 18.2 Å². The van der Waals surface area contributed by atoms with E-state index in [-0.39, 0.29) is 0 Å². The first-order valence-corrected chi connectivity index (χ1v) is 4.47. The summed E-state index contributed by atoms with van der Waals surface area (Å²) in [4.78, 5) is 4.18. The average molecular weight is 179 g/mol. The molecule has 1 heterocycles. The van der Waals surface area contributed by atoms with E-state index in [1.807, 2.05) is 13.0 Å². The Morgan fingerprint density at radius 3 is 2.85 bits per heavy atom. The maximum Gasteiger partial charge on any atom is 0.144 e. The van der Waals surface area contributed by atoms with Crippen LogP contribution in [0.2, 0.25) is 0 Å². The van der Waals surface area contributed by atoms with Crippen molar-refractivity contribution in [3.05, 3.63) is 18.0 Å². The Labute approximate surface area is 77.7 Å². The van der Waals surface area contributed by atoms with Crippen molar-refractivity contribution in [3.8, 4) is 11.5 Å². The minimum atomic E-state index is 0.410. The van der Waals surface area contributed by atoms with Crippen LogP contribution >= 0.6 is 0 Å². The Morgan fingerprint density at radius 1 is 1.46 bits per heavy atom. The fourth-order valence-corrected chi connectivity index (χ4v) is 1.09. The molecule has 0 bridgehead atoms. The second kappa shape index (κ2) is 3.24. The summed E-state index contributed by atoms with van der Waals surface area (Å²) in [5.74, 6) is 1.60. The molecule has 13 heavy (non-hydrogen) atoms. The van der Waals surface area contributed by atoms with Crippen molar-refractivity contribution >= 4 is 0 Å². The number of nitrogens with zero attached hydrogens (tertiary/aromatic N) is 1. The molecule has 0 aliphatic heterocycles. The highest BCUT2D eigenvalue weighted by Gasteiger charge is 2.24. The summed E-state index contributed by atoms with van der Waals surface area (Å²) in [6.07, 6.45) is 4.44. The molecule has 3 nitrogen and oxygen atoms in total. The van der Waals surface area contributed by atoms with Gasteiger partial charge in [-0.2, -0.15) is 0 Å². The van der Waals surface area contributed by atoms with E-state index < -0.39 is 0 Å². The summed E-state index contributed by atoms with van der Waals surface area (Å²) < 4.78 is 10.7. The molecule has 3 heteroatoms. The number of aryl methyl sites for hydroxylation is 1. The van der Waals surface area contributed by atoms with Crippen LogP contribution in [0.5, 0.6) is 11.5 Å². The smallest absolute Gasteiger partial charge is 0.144 e. The number of methoxy groups -OCH3 is 1. The maximum absolute atomic E-state index is 5.66. The van der Waals surface area contributed by atoms with E-state index in [9.17, 15) is 0 Å². The number of rotatable bonds is 3. The number of aromatic nitrogens is 1. The standard InChI is InChI=1S/C10H13NO2/c1-7-10(13-8-3-4-8)5-9(12-2)6-11-7/h5-6,8H,3-4H2,1-2H3. The SMILES string of the molecule is COc1cnc(C)c(OC2CC2)c1. The molecule has 70 valence electrons. The molecular weight excluding hydrogens is 166 g/mol. The molecule has 1 aromatic heterocycles. The zero-order valence-electron chi connectivity index (χ0n) is 7.91. The monoisotopic (exact) mass is 179 g/mol. The van der Waals surface area contributed by atoms with Gasteiger partial charge in [0.1, 0.15) is 11.5 Å². The van der Waals surface area contributed by atoms with Crippen LogP contribution < -0.4 is 9.47 Å². The normalized spacial score (nSPS) is 15.5. The number of hydrogen-bond donors (Lipinski definition) is 0. The Balaban J connectivity index is 2.19. The average Bonchev–Trinajstić information content (AvgIpc) is 2.93. The predicted molar refractivity (Wildman–Crippen MR) is 49.2 cm³/mol. The van der Waals surface area contributed by atoms with Crippen LogP contribution in [0, 0.1) is 6.92 Å². The molecule has 0 radical (unpaired) electrons. The highest BCUT2D eigenvalue weighted by molar-refractivity contribution is 5.34. The molecule has 1 aliphatic carbocycles. The second-order valence-electron chi connectivity index (χ2n) is 3.28. The van der Waals surface area contributed by atoms with E-state index in [2.05, 4.69) is 4.98 Å². The van der Waals surface area contributed by atoms with Crippen molar-refractivity contribution < 1.29 is 9.47 Å². The Kier molecular flexibility index (Phi) is 2.08. The molecule has 0 unspecified atom stereocenters. The number of hydrogen-bond acceptors (Lipinski definition) is 3. The van der Waals surface area contributed by atoms with E-state index in [0.717, 1.165) is 30.0 Å². The van der Waals surface area contributed by atoms with E-state index in [4.69, 9.17) is 9.47 Å². The molecule has 0 atom stereocenters. The van der Waals surface area contributed by atoms with Gasteiger partial charge >= 0.3 is 0 Å². The summed E-state index contributed by atoms with van der Waals surface area (Å²) in [5, 5.41) is 0. The summed E-state index contributed by atoms with van der Waals surface area (Å²) in [5.41, 5.74) is 0.924. The summed E-state index contributed by atoms with van der Waals surface area (Å²) in [7, 11) is 1.63. The first-order chi connectivity index (χ1) is 6.29. The van der Waals surface area contributed by atoms with E-state index >= 15 is 0 Å². The van der Waals surface area contributed by atoms with Crippen molar-refractivity contribution in [1.29, 1.82) is 0 Å². The van der Waals surface area contributed by atoms with Crippen LogP contribution in [0.4, 0.5) is 0 Å². The summed E-state index contributed by atoms with van der Waals surface area (Å²) in [6, 6.07) is 1.89. The molecule has 0 saturated heterocycles. The van der Waals surface area contributed by atoms with Gasteiger partial charge in [-0.1, -0.05) is 0 Å². The van der Waals surface area contributed by atoms with Gasteiger partial charge in [0, 0.05) is 6.07 Å². The van der Waals surface area contributed by atoms with Gasteiger partial charge < -0.3 is 9.47 Å². The minimum absolute atomic E-state index is 0.410. The maximum atomic E-state index is 5.66. The van der Waals surface area contributed by atoms with Crippen LogP contribution in [0.1, 0.15) is 18.5 Å². The molecule has 1 saturated carbocycles. The molecule has 0 amide bonds. The lowest BCUT2D eigenvalue weighted by Gasteiger charge is -2.08. The molecule has 0 spiro atoms. The number of pyridine rings is 1. The number of ether oxygens (including phenoxy) is 2. The van der Waals surface area contributed by atoms with Gasteiger partial charge in [-0.3, -0.25) is 4.98 Å². The van der Waals surface area contributed by atoms with Crippen molar-refractivity contribution in [2.75, 3.05) is 7.11 Å². The minimum Gasteiger partial charge on any atom is -0.495 e. The Morgan fingerprint density at radius 2 is 2.23 bits per heavy atom. The van der Waals surface area contributed by atoms with Gasteiger partial charge in [-0.15, -0.1) is 0 Å². The van der Waals surface area contributed by atoms with Crippen molar-refractivity contribution in [2.24, 2.45) is 0 Å². The highest BCUT2D eigenvalue weighted by atomic mass is 16.5. The van der Waals surface area contributed by atoms with Gasteiger partial charge in [-0.25, -0.2) is 0 Å². The van der Waals surface area contributed by atoms with Gasteiger partial charge in [0.05, 0.1) is 25.1 Å².